The fourth-order valence-electron chi connectivity index (χ4n) is 0. The van der Waals surface area contributed by atoms with Gasteiger partial charge in [-0.15, -0.1) is 0 Å². The zero-order chi connectivity index (χ0) is 2.71. The maximum Gasteiger partial charge on any atom is 0 e. The minimum Gasteiger partial charge on any atom is 0 e. The van der Waals surface area contributed by atoms with Crippen LogP contribution in [0.1, 0.15) is 0 Å². The molecule has 0 fully saturated rings. The molecule has 0 atom stereocenters. The van der Waals surface area contributed by atoms with Crippen molar-refractivity contribution in [2.45, 2.75) is 0 Å². The van der Waals surface area contributed by atoms with E-state index in [0.717, 1.165) is 0 Å². The predicted molar refractivity (Wildman–Crippen MR) is 25.8 cm³/mol. The summed E-state index contributed by atoms with van der Waals surface area (Å²) < 4.78 is 0. The summed E-state index contributed by atoms with van der Waals surface area (Å²) in [5.41, 5.74) is 0. The molecule has 0 spiro atoms. The standard InChI is InChI=1S/BPS.B/c1-2-3;. The van der Waals surface area contributed by atoms with Crippen molar-refractivity contribution < 1.29 is 0 Å². The van der Waals surface area contributed by atoms with E-state index in [0.29, 0.717) is 6.67 Å². The maximum absolute atomic E-state index is 4.63. The van der Waals surface area contributed by atoms with E-state index in [4.69, 9.17) is 0 Å². The first kappa shape index (κ1) is 8.84. The van der Waals surface area contributed by atoms with E-state index in [9.17, 15) is 0 Å². The SMILES string of the molecule is B#P=S.[B]. The van der Waals surface area contributed by atoms with E-state index >= 15 is 0 Å². The Hall–Kier alpha value is 0.780. The van der Waals surface area contributed by atoms with Gasteiger partial charge in [0.15, 0.2) is 0 Å². The summed E-state index contributed by atoms with van der Waals surface area (Å²) in [6.45, 7) is 0.500. The number of rotatable bonds is 0. The van der Waals surface area contributed by atoms with Crippen molar-refractivity contribution in [3.05, 3.63) is 0 Å². The average molecular weight is 84.7 g/mol. The molecular weight excluding hydrogens is 84.7 g/mol. The molecule has 0 aliphatic heterocycles. The van der Waals surface area contributed by atoms with Crippen LogP contribution in [0.25, 0.3) is 0 Å². The molecule has 0 aliphatic carbocycles. The Bertz CT molecular complexity index is 52.2. The Kier molecular flexibility index (Phi) is 20.4. The number of hydrogen-bond donors (Lipinski definition) is 0. The van der Waals surface area contributed by atoms with Crippen LogP contribution in [0.5, 0.6) is 0 Å². The van der Waals surface area contributed by atoms with E-state index in [1.54, 1.807) is 0 Å². The molecule has 0 amide bonds. The van der Waals surface area contributed by atoms with Gasteiger partial charge in [0.05, 0.1) is 0 Å². The zero-order valence-electron chi connectivity index (χ0n) is 2.01. The first-order valence-electron chi connectivity index (χ1n) is 0.441. The second kappa shape index (κ2) is 9.22. The van der Waals surface area contributed by atoms with E-state index in [1.165, 1.54) is 0 Å². The van der Waals surface area contributed by atoms with Gasteiger partial charge in [0, 0.05) is 8.41 Å². The molecule has 0 nitrogen and oxygen atoms in total. The van der Waals surface area contributed by atoms with Crippen molar-refractivity contribution in [1.29, 1.82) is 0 Å². The Balaban J connectivity index is 0. The fraction of sp³-hybridized carbons (Fsp3) is 0. The van der Waals surface area contributed by atoms with E-state index in [2.05, 4.69) is 18.8 Å². The van der Waals surface area contributed by atoms with Crippen LogP contribution in [-0.2, 0) is 11.8 Å². The van der Waals surface area contributed by atoms with Gasteiger partial charge >= 0.3 is 25.5 Å². The summed E-state index contributed by atoms with van der Waals surface area (Å²) in [4.78, 5) is 0. The summed E-state index contributed by atoms with van der Waals surface area (Å²) >= 11 is 4.14. The topological polar surface area (TPSA) is 0 Å². The Morgan fingerprint density at radius 1 is 1.75 bits per heavy atom. The summed E-state index contributed by atoms with van der Waals surface area (Å²) in [6, 6.07) is 0. The van der Waals surface area contributed by atoms with Crippen molar-refractivity contribution in [3.63, 3.8) is 0 Å². The van der Waals surface area contributed by atoms with Crippen molar-refractivity contribution >= 4 is 33.9 Å². The molecular formula is B2PS. The van der Waals surface area contributed by atoms with E-state index < -0.39 is 0 Å². The molecule has 0 unspecified atom stereocenters. The van der Waals surface area contributed by atoms with Crippen LogP contribution < -0.4 is 0 Å². The first-order valence-corrected chi connectivity index (χ1v) is 2.42. The minimum atomic E-state index is 0. The van der Waals surface area contributed by atoms with Crippen LogP contribution in [-0.4, -0.2) is 15.4 Å². The third kappa shape index (κ3) is 14.5. The Labute approximate surface area is 34.6 Å². The molecule has 0 aliphatic rings. The number of hydrogen-bond acceptors (Lipinski definition) is 1. The van der Waals surface area contributed by atoms with Crippen molar-refractivity contribution in [1.82, 2.24) is 0 Å². The molecule has 17 valence electrons. The summed E-state index contributed by atoms with van der Waals surface area (Å²) in [7, 11) is 4.63. The van der Waals surface area contributed by atoms with Gasteiger partial charge in [-0.05, 0) is 0 Å². The van der Waals surface area contributed by atoms with Crippen molar-refractivity contribution in [3.8, 4) is 0 Å². The molecule has 0 saturated heterocycles. The normalized spacial score (nSPS) is 3.50. The van der Waals surface area contributed by atoms with Gasteiger partial charge in [0.25, 0.3) is 0 Å². The monoisotopic (exact) mass is 85.0 g/mol. The summed E-state index contributed by atoms with van der Waals surface area (Å²) in [5.74, 6) is 0. The molecule has 3 radical (unpaired) electrons. The van der Waals surface area contributed by atoms with Gasteiger partial charge in [-0.1, -0.05) is 0 Å². The second-order valence-electron chi connectivity index (χ2n) is 0.105. The third-order valence-corrected chi connectivity index (χ3v) is 0. The predicted octanol–water partition coefficient (Wildman–Crippen LogP) is 0.0972. The second-order valence-corrected chi connectivity index (χ2v) is 0.949. The molecule has 0 saturated carbocycles. The minimum absolute atomic E-state index is 0. The maximum atomic E-state index is 4.63. The molecule has 0 aromatic carbocycles. The van der Waals surface area contributed by atoms with Crippen LogP contribution in [0, 0.1) is 0 Å². The smallest absolute Gasteiger partial charge is 0 e. The average Bonchev–Trinajstić information content (AvgIpc) is 0.918. The summed E-state index contributed by atoms with van der Waals surface area (Å²) in [5, 5.41) is 0. The van der Waals surface area contributed by atoms with Crippen molar-refractivity contribution in [2.75, 3.05) is 0 Å². The third-order valence-electron chi connectivity index (χ3n) is 0. The largest absolute Gasteiger partial charge is 0 e. The van der Waals surface area contributed by atoms with Crippen molar-refractivity contribution in [2.24, 2.45) is 0 Å². The fourth-order valence-corrected chi connectivity index (χ4v) is 0. The zero-order valence-corrected chi connectivity index (χ0v) is 3.72. The van der Waals surface area contributed by atoms with Gasteiger partial charge in [0.1, 0.15) is 0 Å². The molecule has 4 heavy (non-hydrogen) atoms. The molecule has 0 aromatic heterocycles. The van der Waals surface area contributed by atoms with Crippen LogP contribution in [0.4, 0.5) is 0 Å². The molecule has 0 bridgehead atoms. The molecule has 0 aromatic rings. The molecule has 0 rings (SSSR count). The van der Waals surface area contributed by atoms with Gasteiger partial charge in [-0.2, -0.15) is 0 Å². The van der Waals surface area contributed by atoms with Crippen LogP contribution in [0.2, 0.25) is 0 Å². The van der Waals surface area contributed by atoms with E-state index in [-0.39, 0.29) is 8.41 Å². The van der Waals surface area contributed by atoms with Crippen LogP contribution in [0.3, 0.4) is 0 Å². The molecule has 4 heteroatoms. The van der Waals surface area contributed by atoms with Crippen LogP contribution in [0.15, 0.2) is 0 Å². The molecule has 0 heterocycles. The first-order chi connectivity index (χ1) is 1.41. The van der Waals surface area contributed by atoms with Gasteiger partial charge in [-0.3, -0.25) is 0 Å². The van der Waals surface area contributed by atoms with Gasteiger partial charge in [0.2, 0.25) is 0 Å². The quantitative estimate of drug-likeness (QED) is 0.296. The van der Waals surface area contributed by atoms with Gasteiger partial charge < -0.3 is 0 Å². The van der Waals surface area contributed by atoms with Gasteiger partial charge in [-0.25, -0.2) is 0 Å². The Morgan fingerprint density at radius 2 is 1.75 bits per heavy atom. The Morgan fingerprint density at radius 3 is 1.75 bits per heavy atom. The van der Waals surface area contributed by atoms with Crippen LogP contribution >= 0.6 is 6.67 Å². The van der Waals surface area contributed by atoms with E-state index in [1.807, 2.05) is 0 Å². The summed E-state index contributed by atoms with van der Waals surface area (Å²) in [6.07, 6.45) is 0. The molecule has 0 N–H and O–H groups in total.